The Morgan fingerprint density at radius 2 is 2.10 bits per heavy atom. The molecule has 0 aliphatic rings. The van der Waals surface area contributed by atoms with Crippen LogP contribution in [0.2, 0.25) is 5.15 Å². The van der Waals surface area contributed by atoms with Crippen molar-refractivity contribution in [3.05, 3.63) is 39.6 Å². The number of rotatable bonds is 5. The lowest BCUT2D eigenvalue weighted by atomic mass is 9.91. The molecule has 2 aromatic heterocycles. The van der Waals surface area contributed by atoms with Gasteiger partial charge in [-0.25, -0.2) is 9.97 Å². The van der Waals surface area contributed by atoms with Gasteiger partial charge in [0.1, 0.15) is 5.15 Å². The summed E-state index contributed by atoms with van der Waals surface area (Å²) in [5, 5.41) is 5.64. The molecular weight excluding hydrogens is 294 g/mol. The second-order valence-corrected chi connectivity index (χ2v) is 5.02. The molecule has 8 heteroatoms. The van der Waals surface area contributed by atoms with Gasteiger partial charge in [-0.3, -0.25) is 0 Å². The van der Waals surface area contributed by atoms with Crippen molar-refractivity contribution < 1.29 is 9.47 Å². The molecule has 0 saturated carbocycles. The van der Waals surface area contributed by atoms with Crippen molar-refractivity contribution in [1.82, 2.24) is 9.97 Å². The highest BCUT2D eigenvalue weighted by atomic mass is 35.5. The highest BCUT2D eigenvalue weighted by Gasteiger charge is 2.29. The van der Waals surface area contributed by atoms with E-state index in [0.717, 1.165) is 5.39 Å². The van der Waals surface area contributed by atoms with Gasteiger partial charge in [0.15, 0.2) is 0 Å². The Kier molecular flexibility index (Phi) is 4.47. The monoisotopic (exact) mass is 307 g/mol. The lowest BCUT2D eigenvalue weighted by Crippen LogP contribution is -2.25. The van der Waals surface area contributed by atoms with E-state index in [1.165, 1.54) is 7.11 Å². The van der Waals surface area contributed by atoms with E-state index in [2.05, 4.69) is 20.0 Å². The first kappa shape index (κ1) is 15.3. The Morgan fingerprint density at radius 3 is 2.71 bits per heavy atom. The number of hydrogen-bond donors (Lipinski definition) is 0. The predicted octanol–water partition coefficient (Wildman–Crippen LogP) is 3.46. The Hall–Kier alpha value is -2.08. The molecule has 0 aliphatic heterocycles. The molecule has 7 nitrogen and oxygen atoms in total. The summed E-state index contributed by atoms with van der Waals surface area (Å²) in [4.78, 5) is 11.2. The molecule has 0 saturated heterocycles. The first-order valence-corrected chi connectivity index (χ1v) is 6.47. The van der Waals surface area contributed by atoms with Gasteiger partial charge in [0, 0.05) is 24.4 Å². The van der Waals surface area contributed by atoms with E-state index < -0.39 is 5.54 Å². The third-order valence-electron chi connectivity index (χ3n) is 3.17. The Labute approximate surface area is 126 Å². The number of pyridine rings is 2. The van der Waals surface area contributed by atoms with Gasteiger partial charge >= 0.3 is 0 Å². The molecule has 0 aliphatic carbocycles. The maximum Gasteiger partial charge on any atom is 0.222 e. The molecule has 2 aromatic rings. The molecule has 0 N–H and O–H groups in total. The molecule has 0 radical (unpaired) electrons. The van der Waals surface area contributed by atoms with Crippen molar-refractivity contribution in [2.75, 3.05) is 20.8 Å². The normalized spacial score (nSPS) is 13.5. The minimum atomic E-state index is -0.911. The van der Waals surface area contributed by atoms with Gasteiger partial charge in [-0.05, 0) is 29.5 Å². The van der Waals surface area contributed by atoms with Crippen molar-refractivity contribution in [2.24, 2.45) is 5.11 Å². The van der Waals surface area contributed by atoms with Gasteiger partial charge < -0.3 is 9.47 Å². The smallest absolute Gasteiger partial charge is 0.222 e. The fourth-order valence-corrected chi connectivity index (χ4v) is 2.38. The van der Waals surface area contributed by atoms with Crippen molar-refractivity contribution in [3.8, 4) is 5.88 Å². The number of halogens is 1. The molecule has 0 spiro atoms. The van der Waals surface area contributed by atoms with Gasteiger partial charge in [-0.1, -0.05) is 16.7 Å². The lowest BCUT2D eigenvalue weighted by Gasteiger charge is -2.25. The van der Waals surface area contributed by atoms with Crippen LogP contribution in [-0.4, -0.2) is 30.8 Å². The van der Waals surface area contributed by atoms with E-state index in [4.69, 9.17) is 26.6 Å². The molecule has 0 unspecified atom stereocenters. The number of hydrogen-bond acceptors (Lipinski definition) is 5. The summed E-state index contributed by atoms with van der Waals surface area (Å²) in [7, 11) is 3.07. The summed E-state index contributed by atoms with van der Waals surface area (Å²) < 4.78 is 10.4. The summed E-state index contributed by atoms with van der Waals surface area (Å²) in [5.74, 6) is 0.429. The second-order valence-electron chi connectivity index (χ2n) is 4.63. The molecule has 0 amide bonds. The SMILES string of the molecule is COC[C@](C)(N=[N+]=[N-])c1cnc(OC)c2cnc(Cl)cc12. The zero-order valence-electron chi connectivity index (χ0n) is 11.9. The van der Waals surface area contributed by atoms with Crippen molar-refractivity contribution in [2.45, 2.75) is 12.5 Å². The first-order valence-electron chi connectivity index (χ1n) is 6.09. The third-order valence-corrected chi connectivity index (χ3v) is 3.37. The molecular formula is C13H14ClN5O2. The van der Waals surface area contributed by atoms with E-state index in [1.54, 1.807) is 32.5 Å². The average molecular weight is 308 g/mol. The Bertz CT molecular complexity index is 717. The molecule has 21 heavy (non-hydrogen) atoms. The number of nitrogens with zero attached hydrogens (tertiary/aromatic N) is 5. The summed E-state index contributed by atoms with van der Waals surface area (Å²) in [6.45, 7) is 1.98. The van der Waals surface area contributed by atoms with Crippen LogP contribution in [-0.2, 0) is 10.3 Å². The summed E-state index contributed by atoms with van der Waals surface area (Å²) >= 11 is 5.98. The van der Waals surface area contributed by atoms with Crippen molar-refractivity contribution >= 4 is 22.4 Å². The maximum atomic E-state index is 8.84. The van der Waals surface area contributed by atoms with Gasteiger partial charge in [0.2, 0.25) is 5.88 Å². The third kappa shape index (κ3) is 2.85. The Morgan fingerprint density at radius 1 is 1.33 bits per heavy atom. The fraction of sp³-hybridized carbons (Fsp3) is 0.385. The molecule has 2 heterocycles. The van der Waals surface area contributed by atoms with Gasteiger partial charge in [-0.2, -0.15) is 0 Å². The number of azide groups is 1. The van der Waals surface area contributed by atoms with Crippen LogP contribution in [0.1, 0.15) is 12.5 Å². The van der Waals surface area contributed by atoms with Crippen LogP contribution in [0.25, 0.3) is 21.2 Å². The molecule has 110 valence electrons. The minimum Gasteiger partial charge on any atom is -0.481 e. The van der Waals surface area contributed by atoms with Crippen molar-refractivity contribution in [3.63, 3.8) is 0 Å². The fourth-order valence-electron chi connectivity index (χ4n) is 2.22. The molecule has 1 atom stereocenters. The number of fused-ring (bicyclic) bond motifs is 1. The van der Waals surface area contributed by atoms with Crippen LogP contribution >= 0.6 is 11.6 Å². The second kappa shape index (κ2) is 6.13. The standard InChI is InChI=1S/C13H14ClN5O2/c1-13(7-20-2,18-19-15)10-6-17-12(21-3)9-5-16-11(14)4-8(9)10/h4-6H,7H2,1-3H3/t13-/m0/s1. The minimum absolute atomic E-state index is 0.208. The summed E-state index contributed by atoms with van der Waals surface area (Å²) in [6, 6.07) is 1.69. The highest BCUT2D eigenvalue weighted by Crippen LogP contribution is 2.35. The van der Waals surface area contributed by atoms with Gasteiger partial charge in [0.25, 0.3) is 0 Å². The van der Waals surface area contributed by atoms with Crippen LogP contribution in [0.5, 0.6) is 5.88 Å². The van der Waals surface area contributed by atoms with Crippen molar-refractivity contribution in [1.29, 1.82) is 0 Å². The van der Waals surface area contributed by atoms with E-state index >= 15 is 0 Å². The zero-order chi connectivity index (χ0) is 15.5. The first-order chi connectivity index (χ1) is 10.1. The number of methoxy groups -OCH3 is 2. The van der Waals surface area contributed by atoms with E-state index in [9.17, 15) is 0 Å². The molecule has 0 fully saturated rings. The van der Waals surface area contributed by atoms with Crippen LogP contribution in [0.15, 0.2) is 23.6 Å². The largest absolute Gasteiger partial charge is 0.481 e. The summed E-state index contributed by atoms with van der Waals surface area (Å²) in [5.41, 5.74) is 8.62. The van der Waals surface area contributed by atoms with E-state index in [0.29, 0.717) is 22.0 Å². The molecule has 0 aromatic carbocycles. The van der Waals surface area contributed by atoms with Crippen LogP contribution in [0, 0.1) is 0 Å². The highest BCUT2D eigenvalue weighted by molar-refractivity contribution is 6.30. The van der Waals surface area contributed by atoms with E-state index in [-0.39, 0.29) is 6.61 Å². The predicted molar refractivity (Wildman–Crippen MR) is 79.5 cm³/mol. The Balaban J connectivity index is 2.79. The van der Waals surface area contributed by atoms with Crippen LogP contribution in [0.4, 0.5) is 0 Å². The summed E-state index contributed by atoms with van der Waals surface area (Å²) in [6.07, 6.45) is 3.18. The number of aromatic nitrogens is 2. The van der Waals surface area contributed by atoms with Gasteiger partial charge in [-0.15, -0.1) is 0 Å². The lowest BCUT2D eigenvalue weighted by molar-refractivity contribution is 0.141. The van der Waals surface area contributed by atoms with E-state index in [1.807, 2.05) is 0 Å². The van der Waals surface area contributed by atoms with Crippen LogP contribution in [0.3, 0.4) is 0 Å². The molecule has 0 bridgehead atoms. The topological polar surface area (TPSA) is 93.0 Å². The molecule has 2 rings (SSSR count). The quantitative estimate of drug-likeness (QED) is 0.366. The average Bonchev–Trinajstić information content (AvgIpc) is 2.46. The zero-order valence-corrected chi connectivity index (χ0v) is 12.6. The van der Waals surface area contributed by atoms with Gasteiger partial charge in [0.05, 0.1) is 24.6 Å². The maximum absolute atomic E-state index is 8.84. The van der Waals surface area contributed by atoms with Crippen LogP contribution < -0.4 is 4.74 Å². The number of ether oxygens (including phenoxy) is 2.